The van der Waals surface area contributed by atoms with Gasteiger partial charge in [-0.05, 0) is 22.0 Å². The monoisotopic (exact) mass is 317 g/mol. The van der Waals surface area contributed by atoms with Gasteiger partial charge in [0.1, 0.15) is 0 Å². The fourth-order valence-corrected chi connectivity index (χ4v) is 2.03. The number of carbonyl (C=O) groups is 1. The first-order chi connectivity index (χ1) is 9.25. The Kier molecular flexibility index (Phi) is 2.96. The molecule has 0 atom stereocenters. The van der Waals surface area contributed by atoms with E-state index < -0.39 is 0 Å². The largest absolute Gasteiger partial charge is 0.321 e. The number of aromatic nitrogens is 4. The summed E-state index contributed by atoms with van der Waals surface area (Å²) in [6, 6.07) is 1.71. The van der Waals surface area contributed by atoms with Crippen LogP contribution in [0.5, 0.6) is 0 Å². The number of nitrogens with zero attached hydrogens (tertiary/aromatic N) is 4. The lowest BCUT2D eigenvalue weighted by atomic mass is 10.2. The van der Waals surface area contributed by atoms with E-state index in [0.717, 1.165) is 4.47 Å². The van der Waals surface area contributed by atoms with E-state index in [4.69, 9.17) is 0 Å². The first-order valence-electron chi connectivity index (χ1n) is 5.44. The van der Waals surface area contributed by atoms with Gasteiger partial charge in [-0.1, -0.05) is 0 Å². The van der Waals surface area contributed by atoms with Crippen LogP contribution in [-0.4, -0.2) is 25.5 Å². The summed E-state index contributed by atoms with van der Waals surface area (Å²) in [6.45, 7) is 0. The SMILES string of the molecule is O=C(Nc1ccncc1Br)c1cnn2ccncc12. The summed E-state index contributed by atoms with van der Waals surface area (Å²) in [5.41, 5.74) is 1.78. The number of fused-ring (bicyclic) bond motifs is 1. The van der Waals surface area contributed by atoms with Crippen LogP contribution in [0.2, 0.25) is 0 Å². The molecule has 3 heterocycles. The molecule has 3 aromatic rings. The van der Waals surface area contributed by atoms with Crippen LogP contribution < -0.4 is 5.32 Å². The molecule has 3 rings (SSSR count). The van der Waals surface area contributed by atoms with Crippen LogP contribution >= 0.6 is 15.9 Å². The third kappa shape index (κ3) is 2.19. The lowest BCUT2D eigenvalue weighted by molar-refractivity contribution is 0.102. The smallest absolute Gasteiger partial charge is 0.259 e. The van der Waals surface area contributed by atoms with Gasteiger partial charge in [0, 0.05) is 24.8 Å². The van der Waals surface area contributed by atoms with Gasteiger partial charge in [0.2, 0.25) is 0 Å². The van der Waals surface area contributed by atoms with E-state index in [1.807, 2.05) is 0 Å². The summed E-state index contributed by atoms with van der Waals surface area (Å²) in [7, 11) is 0. The zero-order valence-electron chi connectivity index (χ0n) is 9.62. The van der Waals surface area contributed by atoms with Crippen LogP contribution in [-0.2, 0) is 0 Å². The summed E-state index contributed by atoms with van der Waals surface area (Å²) >= 11 is 3.33. The Balaban J connectivity index is 1.95. The van der Waals surface area contributed by atoms with Crippen molar-refractivity contribution in [1.82, 2.24) is 19.6 Å². The fraction of sp³-hybridized carbons (Fsp3) is 0. The Morgan fingerprint density at radius 1 is 1.21 bits per heavy atom. The highest BCUT2D eigenvalue weighted by Crippen LogP contribution is 2.21. The highest BCUT2D eigenvalue weighted by atomic mass is 79.9. The molecule has 0 fully saturated rings. The molecule has 19 heavy (non-hydrogen) atoms. The van der Waals surface area contributed by atoms with Crippen LogP contribution in [0.3, 0.4) is 0 Å². The standard InChI is InChI=1S/C12H8BrN5O/c13-9-6-14-2-1-10(9)17-12(19)8-5-16-18-4-3-15-7-11(8)18/h1-7H,(H,14,17,19). The van der Waals surface area contributed by atoms with Crippen molar-refractivity contribution in [2.45, 2.75) is 0 Å². The Bertz CT molecular complexity index is 754. The highest BCUT2D eigenvalue weighted by molar-refractivity contribution is 9.10. The first kappa shape index (κ1) is 11.8. The zero-order valence-corrected chi connectivity index (χ0v) is 11.2. The van der Waals surface area contributed by atoms with Crippen LogP contribution in [0.4, 0.5) is 5.69 Å². The summed E-state index contributed by atoms with van der Waals surface area (Å²) in [6.07, 6.45) is 9.64. The maximum atomic E-state index is 12.2. The van der Waals surface area contributed by atoms with E-state index in [0.29, 0.717) is 16.8 Å². The second-order valence-electron chi connectivity index (χ2n) is 3.77. The molecular formula is C12H8BrN5O. The van der Waals surface area contributed by atoms with Gasteiger partial charge in [-0.2, -0.15) is 5.10 Å². The molecule has 3 aromatic heterocycles. The second-order valence-corrected chi connectivity index (χ2v) is 4.63. The maximum absolute atomic E-state index is 12.2. The maximum Gasteiger partial charge on any atom is 0.259 e. The van der Waals surface area contributed by atoms with E-state index in [-0.39, 0.29) is 5.91 Å². The van der Waals surface area contributed by atoms with Gasteiger partial charge in [-0.25, -0.2) is 4.52 Å². The molecule has 0 aliphatic heterocycles. The second kappa shape index (κ2) is 4.77. The van der Waals surface area contributed by atoms with Crippen molar-refractivity contribution in [3.05, 3.63) is 53.3 Å². The minimum atomic E-state index is -0.241. The molecule has 1 N–H and O–H groups in total. The molecule has 6 nitrogen and oxygen atoms in total. The van der Waals surface area contributed by atoms with Crippen molar-refractivity contribution in [2.75, 3.05) is 5.32 Å². The molecule has 0 bridgehead atoms. The van der Waals surface area contributed by atoms with E-state index in [9.17, 15) is 4.79 Å². The quantitative estimate of drug-likeness (QED) is 0.786. The van der Waals surface area contributed by atoms with E-state index in [1.54, 1.807) is 41.6 Å². The lowest BCUT2D eigenvalue weighted by Crippen LogP contribution is -2.12. The van der Waals surface area contributed by atoms with Crippen molar-refractivity contribution in [1.29, 1.82) is 0 Å². The minimum Gasteiger partial charge on any atom is -0.321 e. The number of carbonyl (C=O) groups excluding carboxylic acids is 1. The molecule has 0 radical (unpaired) electrons. The normalized spacial score (nSPS) is 10.6. The first-order valence-corrected chi connectivity index (χ1v) is 6.23. The van der Waals surface area contributed by atoms with Crippen LogP contribution in [0.15, 0.2) is 47.7 Å². The lowest BCUT2D eigenvalue weighted by Gasteiger charge is -2.05. The van der Waals surface area contributed by atoms with Gasteiger partial charge >= 0.3 is 0 Å². The van der Waals surface area contributed by atoms with Gasteiger partial charge in [0.25, 0.3) is 5.91 Å². The molecule has 0 aliphatic rings. The van der Waals surface area contributed by atoms with Crippen molar-refractivity contribution in [3.8, 4) is 0 Å². The highest BCUT2D eigenvalue weighted by Gasteiger charge is 2.13. The molecular weight excluding hydrogens is 310 g/mol. The summed E-state index contributed by atoms with van der Waals surface area (Å²) in [4.78, 5) is 20.1. The molecule has 0 saturated carbocycles. The molecule has 0 aliphatic carbocycles. The molecule has 0 saturated heterocycles. The van der Waals surface area contributed by atoms with Crippen LogP contribution in [0, 0.1) is 0 Å². The summed E-state index contributed by atoms with van der Waals surface area (Å²) < 4.78 is 2.32. The Morgan fingerprint density at radius 2 is 2.05 bits per heavy atom. The third-order valence-electron chi connectivity index (χ3n) is 2.59. The predicted octanol–water partition coefficient (Wildman–Crippen LogP) is 2.14. The van der Waals surface area contributed by atoms with Crippen molar-refractivity contribution < 1.29 is 4.79 Å². The van der Waals surface area contributed by atoms with Crippen molar-refractivity contribution in [2.24, 2.45) is 0 Å². The predicted molar refractivity (Wildman–Crippen MR) is 72.9 cm³/mol. The Hall–Kier alpha value is -2.28. The molecule has 1 amide bonds. The molecule has 0 aromatic carbocycles. The number of hydrogen-bond acceptors (Lipinski definition) is 4. The number of pyridine rings is 1. The Morgan fingerprint density at radius 3 is 2.89 bits per heavy atom. The summed E-state index contributed by atoms with van der Waals surface area (Å²) in [5, 5.41) is 6.89. The number of nitrogens with one attached hydrogen (secondary N) is 1. The van der Waals surface area contributed by atoms with Crippen LogP contribution in [0.25, 0.3) is 5.52 Å². The van der Waals surface area contributed by atoms with Gasteiger partial charge in [-0.3, -0.25) is 14.8 Å². The summed E-state index contributed by atoms with van der Waals surface area (Å²) in [5.74, 6) is -0.241. The van der Waals surface area contributed by atoms with E-state index in [1.165, 1.54) is 6.20 Å². The van der Waals surface area contributed by atoms with Gasteiger partial charge in [0.05, 0.1) is 33.6 Å². The number of rotatable bonds is 2. The Labute approximate surface area is 116 Å². The van der Waals surface area contributed by atoms with Gasteiger partial charge < -0.3 is 5.32 Å². The van der Waals surface area contributed by atoms with Crippen molar-refractivity contribution in [3.63, 3.8) is 0 Å². The molecule has 94 valence electrons. The van der Waals surface area contributed by atoms with Crippen molar-refractivity contribution >= 4 is 33.0 Å². The average Bonchev–Trinajstić information content (AvgIpc) is 2.85. The van der Waals surface area contributed by atoms with E-state index in [2.05, 4.69) is 36.3 Å². The average molecular weight is 318 g/mol. The van der Waals surface area contributed by atoms with E-state index >= 15 is 0 Å². The minimum absolute atomic E-state index is 0.241. The fourth-order valence-electron chi connectivity index (χ4n) is 1.68. The van der Waals surface area contributed by atoms with Gasteiger partial charge in [0.15, 0.2) is 0 Å². The number of anilines is 1. The molecule has 0 unspecified atom stereocenters. The van der Waals surface area contributed by atoms with Gasteiger partial charge in [-0.15, -0.1) is 0 Å². The molecule has 7 heteroatoms. The third-order valence-corrected chi connectivity index (χ3v) is 3.22. The topological polar surface area (TPSA) is 72.2 Å². The number of halogens is 1. The number of hydrogen-bond donors (Lipinski definition) is 1. The molecule has 0 spiro atoms. The zero-order chi connectivity index (χ0) is 13.2. The number of amides is 1. The van der Waals surface area contributed by atoms with Crippen LogP contribution in [0.1, 0.15) is 10.4 Å².